The van der Waals surface area contributed by atoms with Gasteiger partial charge in [-0.05, 0) is 40.3 Å². The van der Waals surface area contributed by atoms with Crippen LogP contribution >= 0.6 is 0 Å². The first-order chi connectivity index (χ1) is 7.16. The minimum Gasteiger partial charge on any atom is -0.313 e. The molecule has 2 fully saturated rings. The maximum atomic E-state index is 3.60. The van der Waals surface area contributed by atoms with E-state index >= 15 is 0 Å². The minimum atomic E-state index is 0.730. The van der Waals surface area contributed by atoms with E-state index in [2.05, 4.69) is 36.1 Å². The molecule has 15 heavy (non-hydrogen) atoms. The van der Waals surface area contributed by atoms with Crippen LogP contribution in [0.3, 0.4) is 0 Å². The van der Waals surface area contributed by atoms with E-state index in [1.54, 1.807) is 0 Å². The van der Waals surface area contributed by atoms with Crippen LogP contribution in [0.15, 0.2) is 0 Å². The second-order valence-corrected chi connectivity index (χ2v) is 5.44. The number of hydrogen-bond acceptors (Lipinski definition) is 3. The largest absolute Gasteiger partial charge is 0.313 e. The Kier molecular flexibility index (Phi) is 3.65. The van der Waals surface area contributed by atoms with Crippen molar-refractivity contribution in [2.24, 2.45) is 0 Å². The van der Waals surface area contributed by atoms with Crippen molar-refractivity contribution >= 4 is 0 Å². The van der Waals surface area contributed by atoms with Crippen molar-refractivity contribution in [3.8, 4) is 0 Å². The molecule has 0 aromatic heterocycles. The fourth-order valence-corrected chi connectivity index (χ4v) is 2.82. The van der Waals surface area contributed by atoms with E-state index in [0.29, 0.717) is 0 Å². The maximum absolute atomic E-state index is 3.60. The summed E-state index contributed by atoms with van der Waals surface area (Å²) in [6, 6.07) is 2.31. The summed E-state index contributed by atoms with van der Waals surface area (Å²) in [6.45, 7) is 6.06. The van der Waals surface area contributed by atoms with Crippen molar-refractivity contribution in [2.75, 3.05) is 33.7 Å². The van der Waals surface area contributed by atoms with Crippen LogP contribution in [0, 0.1) is 0 Å². The van der Waals surface area contributed by atoms with E-state index < -0.39 is 0 Å². The lowest BCUT2D eigenvalue weighted by molar-refractivity contribution is 0.173. The number of rotatable bonds is 2. The summed E-state index contributed by atoms with van der Waals surface area (Å²) in [4.78, 5) is 5.06. The molecule has 2 heterocycles. The number of nitrogens with one attached hydrogen (secondary N) is 1. The number of likely N-dealkylation sites (tertiary alicyclic amines) is 1. The zero-order valence-corrected chi connectivity index (χ0v) is 10.4. The highest BCUT2D eigenvalue weighted by Gasteiger charge is 2.30. The Hall–Kier alpha value is -0.120. The third-order valence-electron chi connectivity index (χ3n) is 4.08. The van der Waals surface area contributed by atoms with Crippen LogP contribution in [0.2, 0.25) is 0 Å². The summed E-state index contributed by atoms with van der Waals surface area (Å²) >= 11 is 0. The van der Waals surface area contributed by atoms with Gasteiger partial charge in [0.05, 0.1) is 0 Å². The van der Waals surface area contributed by atoms with Gasteiger partial charge in [0.15, 0.2) is 0 Å². The summed E-state index contributed by atoms with van der Waals surface area (Å²) in [5.41, 5.74) is 0. The molecule has 0 amide bonds. The molecular formula is C12H25N3. The van der Waals surface area contributed by atoms with Crippen molar-refractivity contribution in [3.05, 3.63) is 0 Å². The quantitative estimate of drug-likeness (QED) is 0.727. The Bertz CT molecular complexity index is 197. The summed E-state index contributed by atoms with van der Waals surface area (Å²) in [6.07, 6.45) is 4.07. The van der Waals surface area contributed by atoms with Gasteiger partial charge >= 0.3 is 0 Å². The zero-order valence-electron chi connectivity index (χ0n) is 10.4. The second kappa shape index (κ2) is 4.81. The van der Waals surface area contributed by atoms with Crippen LogP contribution in [0.1, 0.15) is 26.2 Å². The lowest BCUT2D eigenvalue weighted by Crippen LogP contribution is -2.48. The first kappa shape index (κ1) is 11.4. The normalized spacial score (nSPS) is 38.8. The van der Waals surface area contributed by atoms with E-state index in [0.717, 1.165) is 18.1 Å². The van der Waals surface area contributed by atoms with E-state index in [1.165, 1.54) is 38.9 Å². The monoisotopic (exact) mass is 211 g/mol. The van der Waals surface area contributed by atoms with E-state index in [1.807, 2.05) is 0 Å². The Balaban J connectivity index is 1.80. The topological polar surface area (TPSA) is 18.5 Å². The molecule has 0 aromatic carbocycles. The molecule has 0 bridgehead atoms. The number of hydrogen-bond donors (Lipinski definition) is 1. The molecule has 0 aromatic rings. The van der Waals surface area contributed by atoms with Crippen LogP contribution in [0.25, 0.3) is 0 Å². The third-order valence-corrected chi connectivity index (χ3v) is 4.08. The molecule has 2 aliphatic rings. The molecule has 2 saturated heterocycles. The van der Waals surface area contributed by atoms with Crippen molar-refractivity contribution in [1.29, 1.82) is 0 Å². The first-order valence-electron chi connectivity index (χ1n) is 6.30. The van der Waals surface area contributed by atoms with Gasteiger partial charge in [-0.15, -0.1) is 0 Å². The predicted octanol–water partition coefficient (Wildman–Crippen LogP) is 0.763. The Morgan fingerprint density at radius 2 is 2.00 bits per heavy atom. The molecule has 3 unspecified atom stereocenters. The van der Waals surface area contributed by atoms with E-state index in [4.69, 9.17) is 0 Å². The van der Waals surface area contributed by atoms with Gasteiger partial charge < -0.3 is 10.2 Å². The van der Waals surface area contributed by atoms with E-state index in [9.17, 15) is 0 Å². The average molecular weight is 211 g/mol. The maximum Gasteiger partial charge on any atom is 0.0229 e. The Labute approximate surface area is 93.8 Å². The predicted molar refractivity (Wildman–Crippen MR) is 64.2 cm³/mol. The van der Waals surface area contributed by atoms with Gasteiger partial charge in [-0.2, -0.15) is 0 Å². The second-order valence-electron chi connectivity index (χ2n) is 5.44. The van der Waals surface area contributed by atoms with E-state index in [-0.39, 0.29) is 0 Å². The number of piperidine rings is 1. The molecule has 1 N–H and O–H groups in total. The molecule has 3 nitrogen and oxygen atoms in total. The molecule has 0 spiro atoms. The first-order valence-corrected chi connectivity index (χ1v) is 6.30. The lowest BCUT2D eigenvalue weighted by Gasteiger charge is -2.34. The van der Waals surface area contributed by atoms with Gasteiger partial charge in [0.25, 0.3) is 0 Å². The summed E-state index contributed by atoms with van der Waals surface area (Å²) in [5.74, 6) is 0. The molecule has 0 radical (unpaired) electrons. The van der Waals surface area contributed by atoms with Gasteiger partial charge in [-0.1, -0.05) is 0 Å². The van der Waals surface area contributed by atoms with Gasteiger partial charge in [-0.25, -0.2) is 0 Å². The molecular weight excluding hydrogens is 186 g/mol. The smallest absolute Gasteiger partial charge is 0.0229 e. The van der Waals surface area contributed by atoms with Crippen LogP contribution in [0.4, 0.5) is 0 Å². The minimum absolute atomic E-state index is 0.730. The molecule has 3 atom stereocenters. The van der Waals surface area contributed by atoms with Crippen molar-refractivity contribution < 1.29 is 0 Å². The van der Waals surface area contributed by atoms with Gasteiger partial charge in [0.2, 0.25) is 0 Å². The Morgan fingerprint density at radius 1 is 1.20 bits per heavy atom. The fourth-order valence-electron chi connectivity index (χ4n) is 2.82. The highest BCUT2D eigenvalue weighted by molar-refractivity contribution is 4.89. The number of nitrogens with zero attached hydrogens (tertiary/aromatic N) is 2. The van der Waals surface area contributed by atoms with Crippen LogP contribution in [-0.2, 0) is 0 Å². The van der Waals surface area contributed by atoms with Crippen molar-refractivity contribution in [2.45, 2.75) is 44.3 Å². The zero-order chi connectivity index (χ0) is 10.8. The van der Waals surface area contributed by atoms with Crippen LogP contribution in [0.5, 0.6) is 0 Å². The molecule has 3 heteroatoms. The average Bonchev–Trinajstić information content (AvgIpc) is 2.68. The fraction of sp³-hybridized carbons (Fsp3) is 1.00. The molecule has 2 rings (SSSR count). The summed E-state index contributed by atoms with van der Waals surface area (Å²) < 4.78 is 0. The molecule has 88 valence electrons. The SMILES string of the molecule is CC1CCC(N2CCC(N(C)C)C2)CN1. The standard InChI is InChI=1S/C12H25N3/c1-10-4-5-11(8-13-10)15-7-6-12(9-15)14(2)3/h10-13H,4-9H2,1-3H3. The van der Waals surface area contributed by atoms with Gasteiger partial charge in [0, 0.05) is 37.8 Å². The molecule has 0 saturated carbocycles. The third kappa shape index (κ3) is 2.71. The van der Waals surface area contributed by atoms with Crippen molar-refractivity contribution in [1.82, 2.24) is 15.1 Å². The highest BCUT2D eigenvalue weighted by Crippen LogP contribution is 2.20. The number of likely N-dealkylation sites (N-methyl/N-ethyl adjacent to an activating group) is 1. The highest BCUT2D eigenvalue weighted by atomic mass is 15.3. The Morgan fingerprint density at radius 3 is 2.53 bits per heavy atom. The molecule has 2 aliphatic heterocycles. The lowest BCUT2D eigenvalue weighted by atomic mass is 10.0. The van der Waals surface area contributed by atoms with Gasteiger partial charge in [-0.3, -0.25) is 4.90 Å². The summed E-state index contributed by atoms with van der Waals surface area (Å²) in [5, 5.41) is 3.60. The van der Waals surface area contributed by atoms with Crippen molar-refractivity contribution in [3.63, 3.8) is 0 Å². The van der Waals surface area contributed by atoms with Crippen LogP contribution in [-0.4, -0.2) is 61.7 Å². The molecule has 0 aliphatic carbocycles. The van der Waals surface area contributed by atoms with Crippen LogP contribution < -0.4 is 5.32 Å². The van der Waals surface area contributed by atoms with Gasteiger partial charge in [0.1, 0.15) is 0 Å². The summed E-state index contributed by atoms with van der Waals surface area (Å²) in [7, 11) is 4.41.